The lowest BCUT2D eigenvalue weighted by Crippen LogP contribution is -1.95. The molecule has 0 heterocycles. The topological polar surface area (TPSA) is 0 Å². The van der Waals surface area contributed by atoms with Crippen LogP contribution in [0.15, 0.2) is 35.5 Å². The van der Waals surface area contributed by atoms with E-state index in [-0.39, 0.29) is 0 Å². The fraction of sp³-hybridized carbons (Fsp3) is 0.500. The van der Waals surface area contributed by atoms with Gasteiger partial charge in [0.1, 0.15) is 0 Å². The van der Waals surface area contributed by atoms with E-state index in [1.807, 2.05) is 6.08 Å². The standard InChI is InChI=1S/C12H18/c1-4-6-12-9-10(3)7-8-11(12)5-2/h5,9H,2,4,6-8H2,1,3H3. The van der Waals surface area contributed by atoms with Crippen molar-refractivity contribution < 1.29 is 0 Å². The molecule has 0 bridgehead atoms. The molecule has 0 aromatic rings. The smallest absolute Gasteiger partial charge is 0.0239 e. The minimum atomic E-state index is 1.20. The van der Waals surface area contributed by atoms with E-state index < -0.39 is 0 Å². The third-order valence-corrected chi connectivity index (χ3v) is 2.39. The second-order valence-corrected chi connectivity index (χ2v) is 3.50. The first-order chi connectivity index (χ1) is 5.77. The molecule has 0 heteroatoms. The average Bonchev–Trinajstić information content (AvgIpc) is 2.05. The van der Waals surface area contributed by atoms with Crippen molar-refractivity contribution in [1.82, 2.24) is 0 Å². The van der Waals surface area contributed by atoms with Crippen LogP contribution in [0.3, 0.4) is 0 Å². The molecule has 1 aliphatic carbocycles. The summed E-state index contributed by atoms with van der Waals surface area (Å²) in [6.45, 7) is 8.30. The number of allylic oxidation sites excluding steroid dienone is 5. The van der Waals surface area contributed by atoms with Gasteiger partial charge in [0.15, 0.2) is 0 Å². The predicted octanol–water partition coefficient (Wildman–Crippen LogP) is 4.01. The quantitative estimate of drug-likeness (QED) is 0.588. The van der Waals surface area contributed by atoms with Gasteiger partial charge in [0, 0.05) is 0 Å². The summed E-state index contributed by atoms with van der Waals surface area (Å²) in [5, 5.41) is 0. The van der Waals surface area contributed by atoms with Gasteiger partial charge in [-0.05, 0) is 37.3 Å². The fourth-order valence-electron chi connectivity index (χ4n) is 1.69. The molecule has 0 spiro atoms. The zero-order valence-corrected chi connectivity index (χ0v) is 8.19. The Labute approximate surface area is 75.7 Å². The first kappa shape index (κ1) is 9.31. The largest absolute Gasteiger partial charge is 0.0988 e. The van der Waals surface area contributed by atoms with Crippen LogP contribution in [0, 0.1) is 0 Å². The zero-order valence-electron chi connectivity index (χ0n) is 8.19. The molecule has 0 unspecified atom stereocenters. The summed E-state index contributed by atoms with van der Waals surface area (Å²) in [5.74, 6) is 0. The van der Waals surface area contributed by atoms with E-state index in [0.29, 0.717) is 0 Å². The lowest BCUT2D eigenvalue weighted by Gasteiger charge is -2.15. The van der Waals surface area contributed by atoms with Crippen molar-refractivity contribution in [2.45, 2.75) is 39.5 Å². The number of hydrogen-bond acceptors (Lipinski definition) is 0. The molecule has 0 N–H and O–H groups in total. The van der Waals surface area contributed by atoms with Gasteiger partial charge >= 0.3 is 0 Å². The Bertz CT molecular complexity index is 228. The molecule has 0 amide bonds. The van der Waals surface area contributed by atoms with Crippen molar-refractivity contribution in [3.8, 4) is 0 Å². The van der Waals surface area contributed by atoms with Crippen molar-refractivity contribution in [3.63, 3.8) is 0 Å². The van der Waals surface area contributed by atoms with E-state index in [0.717, 1.165) is 0 Å². The van der Waals surface area contributed by atoms with Crippen molar-refractivity contribution >= 4 is 0 Å². The maximum atomic E-state index is 3.85. The lowest BCUT2D eigenvalue weighted by molar-refractivity contribution is 0.848. The minimum absolute atomic E-state index is 1.20. The third kappa shape index (κ3) is 2.10. The molecule has 1 aliphatic rings. The van der Waals surface area contributed by atoms with E-state index >= 15 is 0 Å². The molecule has 0 radical (unpaired) electrons. The lowest BCUT2D eigenvalue weighted by atomic mass is 9.91. The molecule has 12 heavy (non-hydrogen) atoms. The third-order valence-electron chi connectivity index (χ3n) is 2.39. The highest BCUT2D eigenvalue weighted by Gasteiger charge is 2.07. The van der Waals surface area contributed by atoms with Crippen LogP contribution in [0.25, 0.3) is 0 Å². The van der Waals surface area contributed by atoms with E-state index in [2.05, 4.69) is 26.5 Å². The molecule has 0 saturated carbocycles. The highest BCUT2D eigenvalue weighted by Crippen LogP contribution is 2.26. The van der Waals surface area contributed by atoms with Crippen LogP contribution in [0.5, 0.6) is 0 Å². The highest BCUT2D eigenvalue weighted by atomic mass is 14.1. The van der Waals surface area contributed by atoms with Crippen LogP contribution in [0.1, 0.15) is 39.5 Å². The van der Waals surface area contributed by atoms with Crippen LogP contribution in [-0.2, 0) is 0 Å². The molecule has 1 rings (SSSR count). The van der Waals surface area contributed by atoms with Crippen molar-refractivity contribution in [3.05, 3.63) is 35.5 Å². The predicted molar refractivity (Wildman–Crippen MR) is 55.1 cm³/mol. The highest BCUT2D eigenvalue weighted by molar-refractivity contribution is 5.37. The number of hydrogen-bond donors (Lipinski definition) is 0. The van der Waals surface area contributed by atoms with Crippen LogP contribution < -0.4 is 0 Å². The number of rotatable bonds is 3. The van der Waals surface area contributed by atoms with Crippen molar-refractivity contribution in [2.24, 2.45) is 0 Å². The Morgan fingerprint density at radius 1 is 1.50 bits per heavy atom. The Kier molecular flexibility index (Phi) is 3.33. The van der Waals surface area contributed by atoms with E-state index in [1.165, 1.54) is 42.4 Å². The summed E-state index contributed by atoms with van der Waals surface area (Å²) in [7, 11) is 0. The van der Waals surface area contributed by atoms with E-state index in [1.54, 1.807) is 0 Å². The summed E-state index contributed by atoms with van der Waals surface area (Å²) in [5.41, 5.74) is 4.49. The molecule has 0 aromatic carbocycles. The van der Waals surface area contributed by atoms with Crippen LogP contribution in [0.2, 0.25) is 0 Å². The Balaban J connectivity index is 2.84. The Morgan fingerprint density at radius 2 is 2.25 bits per heavy atom. The molecular weight excluding hydrogens is 144 g/mol. The van der Waals surface area contributed by atoms with Crippen molar-refractivity contribution in [1.29, 1.82) is 0 Å². The van der Waals surface area contributed by atoms with E-state index in [4.69, 9.17) is 0 Å². The van der Waals surface area contributed by atoms with Crippen molar-refractivity contribution in [2.75, 3.05) is 0 Å². The van der Waals surface area contributed by atoms with Crippen LogP contribution in [-0.4, -0.2) is 0 Å². The van der Waals surface area contributed by atoms with Gasteiger partial charge in [0.05, 0.1) is 0 Å². The summed E-state index contributed by atoms with van der Waals surface area (Å²) in [6, 6.07) is 0. The summed E-state index contributed by atoms with van der Waals surface area (Å²) < 4.78 is 0. The monoisotopic (exact) mass is 162 g/mol. The van der Waals surface area contributed by atoms with Gasteiger partial charge in [-0.3, -0.25) is 0 Å². The van der Waals surface area contributed by atoms with Gasteiger partial charge in [-0.2, -0.15) is 0 Å². The molecule has 66 valence electrons. The normalized spacial score (nSPS) is 17.7. The fourth-order valence-corrected chi connectivity index (χ4v) is 1.69. The summed E-state index contributed by atoms with van der Waals surface area (Å²) in [4.78, 5) is 0. The molecule has 0 aromatic heterocycles. The zero-order chi connectivity index (χ0) is 8.97. The minimum Gasteiger partial charge on any atom is -0.0988 e. The van der Waals surface area contributed by atoms with Gasteiger partial charge in [0.2, 0.25) is 0 Å². The van der Waals surface area contributed by atoms with Gasteiger partial charge in [-0.25, -0.2) is 0 Å². The first-order valence-corrected chi connectivity index (χ1v) is 4.79. The maximum Gasteiger partial charge on any atom is -0.0239 e. The molecular formula is C12H18. The molecule has 0 atom stereocenters. The van der Waals surface area contributed by atoms with Gasteiger partial charge in [-0.15, -0.1) is 0 Å². The SMILES string of the molecule is C=CC1=C(CCC)C=C(C)CC1. The van der Waals surface area contributed by atoms with Crippen LogP contribution in [0.4, 0.5) is 0 Å². The maximum absolute atomic E-state index is 3.85. The second kappa shape index (κ2) is 4.30. The summed E-state index contributed by atoms with van der Waals surface area (Å²) in [6.07, 6.45) is 9.21. The summed E-state index contributed by atoms with van der Waals surface area (Å²) >= 11 is 0. The molecule has 0 nitrogen and oxygen atoms in total. The molecule has 0 fully saturated rings. The Morgan fingerprint density at radius 3 is 2.83 bits per heavy atom. The molecule has 0 saturated heterocycles. The van der Waals surface area contributed by atoms with Gasteiger partial charge in [0.25, 0.3) is 0 Å². The first-order valence-electron chi connectivity index (χ1n) is 4.79. The molecule has 0 aliphatic heterocycles. The Hall–Kier alpha value is -0.780. The second-order valence-electron chi connectivity index (χ2n) is 3.50. The average molecular weight is 162 g/mol. The van der Waals surface area contributed by atoms with Gasteiger partial charge in [-0.1, -0.05) is 37.6 Å². The van der Waals surface area contributed by atoms with E-state index in [9.17, 15) is 0 Å². The van der Waals surface area contributed by atoms with Crippen LogP contribution >= 0.6 is 0 Å². The van der Waals surface area contributed by atoms with Gasteiger partial charge < -0.3 is 0 Å².